The molecule has 0 saturated carbocycles. The summed E-state index contributed by atoms with van der Waals surface area (Å²) in [5, 5.41) is 4.10. The van der Waals surface area contributed by atoms with Gasteiger partial charge in [-0.2, -0.15) is 0 Å². The number of aryl methyl sites for hydroxylation is 1. The third-order valence-electron chi connectivity index (χ3n) is 5.68. The van der Waals surface area contributed by atoms with Gasteiger partial charge in [0.1, 0.15) is 11.4 Å². The molecule has 0 aliphatic rings. The second-order valence-electron chi connectivity index (χ2n) is 7.58. The Morgan fingerprint density at radius 2 is 1.81 bits per heavy atom. The Morgan fingerprint density at radius 1 is 1.00 bits per heavy atom. The number of methoxy groups -OCH3 is 1. The van der Waals surface area contributed by atoms with Crippen LogP contribution in [-0.4, -0.2) is 38.7 Å². The molecule has 0 bridgehead atoms. The van der Waals surface area contributed by atoms with Gasteiger partial charge in [0.2, 0.25) is 5.95 Å². The van der Waals surface area contributed by atoms with E-state index in [1.807, 2.05) is 54.1 Å². The number of nitrogens with one attached hydrogen (secondary N) is 1. The van der Waals surface area contributed by atoms with Crippen LogP contribution < -0.4 is 10.1 Å². The molecule has 0 aliphatic carbocycles. The lowest BCUT2D eigenvalue weighted by Crippen LogP contribution is -2.28. The lowest BCUT2D eigenvalue weighted by molar-refractivity contribution is 0.0947. The van der Waals surface area contributed by atoms with Crippen molar-refractivity contribution in [3.63, 3.8) is 0 Å². The zero-order chi connectivity index (χ0) is 22.1. The molecule has 5 rings (SSSR count). The van der Waals surface area contributed by atoms with Gasteiger partial charge in [0, 0.05) is 31.4 Å². The van der Waals surface area contributed by atoms with Crippen molar-refractivity contribution < 1.29 is 9.53 Å². The maximum absolute atomic E-state index is 13.2. The molecular weight excluding hydrogens is 402 g/mol. The van der Waals surface area contributed by atoms with E-state index in [-0.39, 0.29) is 5.91 Å². The van der Waals surface area contributed by atoms with Gasteiger partial charge in [-0.05, 0) is 42.3 Å². The lowest BCUT2D eigenvalue weighted by atomic mass is 10.1. The highest BCUT2D eigenvalue weighted by Gasteiger charge is 2.22. The van der Waals surface area contributed by atoms with E-state index in [4.69, 9.17) is 4.74 Å². The Morgan fingerprint density at radius 3 is 2.62 bits per heavy atom. The second kappa shape index (κ2) is 8.19. The number of benzene rings is 2. The van der Waals surface area contributed by atoms with Crippen LogP contribution in [-0.2, 0) is 13.5 Å². The quantitative estimate of drug-likeness (QED) is 0.448. The summed E-state index contributed by atoms with van der Waals surface area (Å²) in [6, 6.07) is 19.7. The van der Waals surface area contributed by atoms with Crippen LogP contribution in [0.2, 0.25) is 0 Å². The molecule has 7 nitrogen and oxygen atoms in total. The predicted octanol–water partition coefficient (Wildman–Crippen LogP) is 3.89. The molecule has 0 fully saturated rings. The van der Waals surface area contributed by atoms with E-state index in [0.29, 0.717) is 24.6 Å². The van der Waals surface area contributed by atoms with Crippen molar-refractivity contribution in [2.75, 3.05) is 13.7 Å². The average molecular weight is 425 g/mol. The number of fused-ring (bicyclic) bond motifs is 3. The maximum Gasteiger partial charge on any atom is 0.268 e. The molecule has 1 N–H and O–H groups in total. The van der Waals surface area contributed by atoms with Crippen LogP contribution in [0.15, 0.2) is 73.1 Å². The fourth-order valence-electron chi connectivity index (χ4n) is 4.13. The smallest absolute Gasteiger partial charge is 0.268 e. The first-order chi connectivity index (χ1) is 15.7. The number of aromatic nitrogens is 4. The Balaban J connectivity index is 1.51. The van der Waals surface area contributed by atoms with E-state index in [9.17, 15) is 4.79 Å². The van der Waals surface area contributed by atoms with Gasteiger partial charge in [0.25, 0.3) is 5.91 Å². The van der Waals surface area contributed by atoms with E-state index in [2.05, 4.69) is 32.0 Å². The van der Waals surface area contributed by atoms with Crippen LogP contribution in [0, 0.1) is 0 Å². The predicted molar refractivity (Wildman–Crippen MR) is 124 cm³/mol. The van der Waals surface area contributed by atoms with Crippen molar-refractivity contribution in [3.05, 3.63) is 84.3 Å². The number of hydrogen-bond donors (Lipinski definition) is 1. The van der Waals surface area contributed by atoms with Crippen LogP contribution in [0.25, 0.3) is 27.9 Å². The largest absolute Gasteiger partial charge is 0.497 e. The van der Waals surface area contributed by atoms with Crippen molar-refractivity contribution in [1.82, 2.24) is 24.4 Å². The summed E-state index contributed by atoms with van der Waals surface area (Å²) in [6.07, 6.45) is 4.07. The van der Waals surface area contributed by atoms with Gasteiger partial charge in [-0.25, -0.2) is 9.97 Å². The Hall–Kier alpha value is -4.13. The first-order valence-corrected chi connectivity index (χ1v) is 10.4. The number of amides is 1. The minimum Gasteiger partial charge on any atom is -0.497 e. The van der Waals surface area contributed by atoms with E-state index in [1.54, 1.807) is 25.6 Å². The van der Waals surface area contributed by atoms with E-state index >= 15 is 0 Å². The number of rotatable bonds is 6. The molecule has 160 valence electrons. The summed E-state index contributed by atoms with van der Waals surface area (Å²) >= 11 is 0. The van der Waals surface area contributed by atoms with Crippen molar-refractivity contribution >= 4 is 27.8 Å². The molecule has 7 heteroatoms. The summed E-state index contributed by atoms with van der Waals surface area (Å²) in [7, 11) is 3.65. The van der Waals surface area contributed by atoms with Crippen LogP contribution >= 0.6 is 0 Å². The van der Waals surface area contributed by atoms with E-state index < -0.39 is 0 Å². The van der Waals surface area contributed by atoms with Gasteiger partial charge >= 0.3 is 0 Å². The van der Waals surface area contributed by atoms with Crippen molar-refractivity contribution in [1.29, 1.82) is 0 Å². The molecule has 2 aromatic carbocycles. The van der Waals surface area contributed by atoms with E-state index in [0.717, 1.165) is 33.2 Å². The molecule has 1 amide bonds. The number of nitrogens with zero attached hydrogens (tertiary/aromatic N) is 4. The molecule has 0 radical (unpaired) electrons. The minimum atomic E-state index is -0.166. The molecule has 0 spiro atoms. The minimum absolute atomic E-state index is 0.166. The molecule has 5 aromatic rings. The fraction of sp³-hybridized carbons (Fsp3) is 0.160. The highest BCUT2D eigenvalue weighted by atomic mass is 16.5. The molecule has 0 saturated heterocycles. The number of carbonyl (C=O) groups is 1. The summed E-state index contributed by atoms with van der Waals surface area (Å²) in [5.74, 6) is 1.11. The first-order valence-electron chi connectivity index (χ1n) is 10.4. The highest BCUT2D eigenvalue weighted by molar-refractivity contribution is 6.10. The SMILES string of the molecule is COc1cccc(CCNC(=O)c2cc3c(c4ccccc4n3C)n2-c2ncccn2)c1. The van der Waals surface area contributed by atoms with Crippen molar-refractivity contribution in [2.45, 2.75) is 6.42 Å². The van der Waals surface area contributed by atoms with Crippen molar-refractivity contribution in [2.24, 2.45) is 7.05 Å². The zero-order valence-corrected chi connectivity index (χ0v) is 17.9. The van der Waals surface area contributed by atoms with Gasteiger partial charge in [-0.15, -0.1) is 0 Å². The summed E-state index contributed by atoms with van der Waals surface area (Å²) in [4.78, 5) is 22.1. The number of hydrogen-bond acceptors (Lipinski definition) is 4. The highest BCUT2D eigenvalue weighted by Crippen LogP contribution is 2.32. The Labute approximate surface area is 185 Å². The number of ether oxygens (including phenoxy) is 1. The number of para-hydroxylation sites is 1. The normalized spacial score (nSPS) is 11.2. The maximum atomic E-state index is 13.2. The van der Waals surface area contributed by atoms with Gasteiger partial charge in [0.15, 0.2) is 0 Å². The second-order valence-corrected chi connectivity index (χ2v) is 7.58. The molecule has 3 heterocycles. The van der Waals surface area contributed by atoms with Gasteiger partial charge in [0.05, 0.1) is 23.7 Å². The summed E-state index contributed by atoms with van der Waals surface area (Å²) in [5.41, 5.74) is 4.58. The Kier molecular flexibility index (Phi) is 5.07. The molecule has 32 heavy (non-hydrogen) atoms. The molecule has 0 atom stereocenters. The Bertz CT molecular complexity index is 1420. The van der Waals surface area contributed by atoms with Crippen LogP contribution in [0.1, 0.15) is 16.1 Å². The van der Waals surface area contributed by atoms with Crippen LogP contribution in [0.3, 0.4) is 0 Å². The van der Waals surface area contributed by atoms with Crippen LogP contribution in [0.4, 0.5) is 0 Å². The molecule has 3 aromatic heterocycles. The van der Waals surface area contributed by atoms with Crippen molar-refractivity contribution in [3.8, 4) is 11.7 Å². The topological polar surface area (TPSA) is 74.0 Å². The molecular formula is C25H23N5O2. The van der Waals surface area contributed by atoms with Gasteiger partial charge < -0.3 is 14.6 Å². The molecule has 0 unspecified atom stereocenters. The standard InChI is InChI=1S/C25H23N5O2/c1-29-20-10-4-3-9-19(20)23-21(29)16-22(30(23)25-27-12-6-13-28-25)24(31)26-14-11-17-7-5-8-18(15-17)32-2/h3-10,12-13,15-16H,11,14H2,1-2H3,(H,26,31). The summed E-state index contributed by atoms with van der Waals surface area (Å²) < 4.78 is 9.22. The third kappa shape index (κ3) is 3.37. The lowest BCUT2D eigenvalue weighted by Gasteiger charge is -2.10. The summed E-state index contributed by atoms with van der Waals surface area (Å²) in [6.45, 7) is 0.504. The average Bonchev–Trinajstić information content (AvgIpc) is 3.36. The zero-order valence-electron chi connectivity index (χ0n) is 17.9. The molecule has 0 aliphatic heterocycles. The first kappa shape index (κ1) is 19.8. The third-order valence-corrected chi connectivity index (χ3v) is 5.68. The van der Waals surface area contributed by atoms with E-state index in [1.165, 1.54) is 0 Å². The van der Waals surface area contributed by atoms with Gasteiger partial charge in [-0.1, -0.05) is 30.3 Å². The fourth-order valence-corrected chi connectivity index (χ4v) is 4.13. The monoisotopic (exact) mass is 425 g/mol. The van der Waals surface area contributed by atoms with Gasteiger partial charge in [-0.3, -0.25) is 9.36 Å². The van der Waals surface area contributed by atoms with Crippen LogP contribution in [0.5, 0.6) is 5.75 Å². The number of carbonyl (C=O) groups excluding carboxylic acids is 1.